The summed E-state index contributed by atoms with van der Waals surface area (Å²) in [4.78, 5) is 66.7. The molecular weight excluding hydrogens is 757 g/mol. The van der Waals surface area contributed by atoms with Gasteiger partial charge in [0.25, 0.3) is 11.8 Å². The Hall–Kier alpha value is -5.65. The van der Waals surface area contributed by atoms with Gasteiger partial charge in [-0.25, -0.2) is 9.59 Å². The molecule has 2 aliphatic heterocycles. The van der Waals surface area contributed by atoms with E-state index in [1.165, 1.54) is 74.9 Å². The van der Waals surface area contributed by atoms with Crippen molar-refractivity contribution in [3.8, 4) is 0 Å². The Morgan fingerprint density at radius 2 is 1.53 bits per heavy atom. The van der Waals surface area contributed by atoms with E-state index in [2.05, 4.69) is 81.8 Å². The number of thioether (sulfide) groups is 1. The molecule has 1 aromatic heterocycles. The molecule has 3 aromatic rings. The largest absolute Gasteiger partial charge is 0.462 e. The number of fused-ring (bicyclic) bond motifs is 1. The molecule has 2 aromatic carbocycles. The first-order chi connectivity index (χ1) is 27.6. The van der Waals surface area contributed by atoms with Crippen molar-refractivity contribution in [2.75, 3.05) is 32.6 Å². The van der Waals surface area contributed by atoms with Crippen LogP contribution in [0.3, 0.4) is 0 Å². The molecule has 0 saturated carbocycles. The quantitative estimate of drug-likeness (QED) is 0.0318. The molecule has 0 aliphatic carbocycles. The SMILES string of the molecule is CO/N=C(/C(=O)N[C@@H]1C(=O)N2C(C(=O)OC(C)OC(C)=O)=C(COC(N)=O)CS[C@H]12)c1ccco1.c1ccc(CNCCCCCCNCc2ccccc2)cc1. The minimum atomic E-state index is -1.24. The van der Waals surface area contributed by atoms with E-state index < -0.39 is 47.6 Å². The van der Waals surface area contributed by atoms with E-state index in [0.29, 0.717) is 0 Å². The van der Waals surface area contributed by atoms with Crippen molar-refractivity contribution in [3.05, 3.63) is 107 Å². The van der Waals surface area contributed by atoms with Crippen LogP contribution in [0.25, 0.3) is 0 Å². The number of hydrogen-bond acceptors (Lipinski definition) is 14. The minimum Gasteiger partial charge on any atom is -0.462 e. The number of rotatable bonds is 20. The fourth-order valence-electron chi connectivity index (χ4n) is 5.83. The van der Waals surface area contributed by atoms with Crippen molar-refractivity contribution in [1.82, 2.24) is 20.9 Å². The number of nitrogens with two attached hydrogens (primary N) is 1. The van der Waals surface area contributed by atoms with Gasteiger partial charge in [0.05, 0.1) is 6.26 Å². The van der Waals surface area contributed by atoms with Gasteiger partial charge in [0.2, 0.25) is 12.0 Å². The number of carbonyl (C=O) groups excluding carboxylic acids is 5. The molecule has 16 nitrogen and oxygen atoms in total. The van der Waals surface area contributed by atoms with Gasteiger partial charge in [-0.2, -0.15) is 0 Å². The molecule has 17 heteroatoms. The standard InChI is InChI=1S/C20H22N4O10S.C20H28N2/c1-9(25)33-10(2)34-19(28)15-11(7-32-20(21)29)8-35-18-14(17(27)24(15)18)22-16(26)13(23-30-3)12-5-4-6-31-12;1(9-15-21-17-19-11-5-3-6-12-19)2-10-16-22-18-20-13-7-4-8-14-20/h4-6,10,14,18H,7-8H2,1-3H3,(H2,21,29)(H,22,26);3-8,11-14,21-22H,1-2,9-10,15-18H2/b23-13+;/t10?,14-,18-;/m1./s1. The zero-order chi connectivity index (χ0) is 41.0. The number of ether oxygens (including phenoxy) is 3. The number of oxime groups is 1. The summed E-state index contributed by atoms with van der Waals surface area (Å²) in [6.45, 7) is 6.29. The fourth-order valence-corrected chi connectivity index (χ4v) is 7.16. The molecule has 3 atom stereocenters. The topological polar surface area (TPSA) is 213 Å². The van der Waals surface area contributed by atoms with Gasteiger partial charge in [-0.3, -0.25) is 19.3 Å². The van der Waals surface area contributed by atoms with Crippen LogP contribution >= 0.6 is 11.8 Å². The molecule has 306 valence electrons. The molecule has 1 unspecified atom stereocenters. The zero-order valence-corrected chi connectivity index (χ0v) is 33.1. The molecule has 3 heterocycles. The summed E-state index contributed by atoms with van der Waals surface area (Å²) in [6, 6.07) is 23.2. The highest BCUT2D eigenvalue weighted by atomic mass is 32.2. The second kappa shape index (κ2) is 23.4. The number of amides is 3. The first-order valence-electron chi connectivity index (χ1n) is 18.5. The van der Waals surface area contributed by atoms with Crippen molar-refractivity contribution in [2.24, 2.45) is 10.9 Å². The van der Waals surface area contributed by atoms with Crippen molar-refractivity contribution >= 4 is 47.3 Å². The number of primary amides is 1. The van der Waals surface area contributed by atoms with E-state index in [4.69, 9.17) is 29.2 Å². The van der Waals surface area contributed by atoms with Crippen molar-refractivity contribution < 1.29 is 47.4 Å². The van der Waals surface area contributed by atoms with Crippen LogP contribution in [0.2, 0.25) is 0 Å². The van der Waals surface area contributed by atoms with Crippen LogP contribution in [0, 0.1) is 0 Å². The van der Waals surface area contributed by atoms with E-state index in [1.807, 2.05) is 0 Å². The third-order valence-electron chi connectivity index (χ3n) is 8.47. The van der Waals surface area contributed by atoms with E-state index in [0.717, 1.165) is 38.0 Å². The minimum absolute atomic E-state index is 0.124. The van der Waals surface area contributed by atoms with Crippen molar-refractivity contribution in [2.45, 2.75) is 70.3 Å². The first kappa shape index (κ1) is 44.1. The fraction of sp³-hybridized carbons (Fsp3) is 0.400. The van der Waals surface area contributed by atoms with E-state index in [1.54, 1.807) is 6.07 Å². The highest BCUT2D eigenvalue weighted by Gasteiger charge is 2.55. The Bertz CT molecular complexity index is 1780. The molecule has 57 heavy (non-hydrogen) atoms. The predicted octanol–water partition coefficient (Wildman–Crippen LogP) is 3.96. The number of benzene rings is 2. The molecule has 0 spiro atoms. The van der Waals surface area contributed by atoms with Gasteiger partial charge in [0, 0.05) is 38.3 Å². The van der Waals surface area contributed by atoms with E-state index >= 15 is 0 Å². The number of unbranched alkanes of at least 4 members (excludes halogenated alkanes) is 3. The number of carbonyl (C=O) groups is 5. The smallest absolute Gasteiger partial charge is 0.404 e. The number of nitrogens with zero attached hydrogens (tertiary/aromatic N) is 2. The lowest BCUT2D eigenvalue weighted by Gasteiger charge is -2.49. The highest BCUT2D eigenvalue weighted by molar-refractivity contribution is 8.00. The summed E-state index contributed by atoms with van der Waals surface area (Å²) in [6.07, 6.45) is 4.19. The van der Waals surface area contributed by atoms with Crippen LogP contribution < -0.4 is 21.7 Å². The molecule has 0 bridgehead atoms. The molecule has 5 N–H and O–H groups in total. The van der Waals surface area contributed by atoms with E-state index in [9.17, 15) is 24.0 Å². The van der Waals surface area contributed by atoms with Gasteiger partial charge < -0.3 is 45.1 Å². The second-order valence-corrected chi connectivity index (χ2v) is 13.9. The maximum atomic E-state index is 13.0. The lowest BCUT2D eigenvalue weighted by molar-refractivity contribution is -0.182. The molecule has 5 rings (SSSR count). The second-order valence-electron chi connectivity index (χ2n) is 12.8. The Morgan fingerprint density at radius 3 is 2.05 bits per heavy atom. The summed E-state index contributed by atoms with van der Waals surface area (Å²) >= 11 is 1.21. The Morgan fingerprint density at radius 1 is 0.912 bits per heavy atom. The zero-order valence-electron chi connectivity index (χ0n) is 32.3. The maximum absolute atomic E-state index is 13.0. The third kappa shape index (κ3) is 14.1. The summed E-state index contributed by atoms with van der Waals surface area (Å²) in [7, 11) is 1.25. The average Bonchev–Trinajstić information content (AvgIpc) is 3.74. The number of furan rings is 1. The monoisotopic (exact) mass is 806 g/mol. The first-order valence-corrected chi connectivity index (χ1v) is 19.6. The number of nitrogens with one attached hydrogen (secondary N) is 3. The molecule has 0 radical (unpaired) electrons. The predicted molar refractivity (Wildman–Crippen MR) is 212 cm³/mol. The number of β-lactam (4-membered cyclic amide) rings is 1. The lowest BCUT2D eigenvalue weighted by atomic mass is 10.0. The average molecular weight is 807 g/mol. The van der Waals surface area contributed by atoms with Crippen LogP contribution in [-0.4, -0.2) is 90.7 Å². The van der Waals surface area contributed by atoms with Crippen LogP contribution in [0.15, 0.2) is 99.9 Å². The van der Waals surface area contributed by atoms with Crippen LogP contribution in [0.1, 0.15) is 56.4 Å². The van der Waals surface area contributed by atoms with Gasteiger partial charge in [0.1, 0.15) is 30.8 Å². The summed E-state index contributed by atoms with van der Waals surface area (Å²) in [5.41, 5.74) is 7.62. The van der Waals surface area contributed by atoms with Gasteiger partial charge in [-0.1, -0.05) is 78.7 Å². The van der Waals surface area contributed by atoms with Crippen LogP contribution in [0.5, 0.6) is 0 Å². The number of hydrogen-bond donors (Lipinski definition) is 4. The summed E-state index contributed by atoms with van der Waals surface area (Å²) in [5.74, 6) is -2.75. The Kier molecular flexibility index (Phi) is 18.1. The van der Waals surface area contributed by atoms with Gasteiger partial charge >= 0.3 is 18.0 Å². The van der Waals surface area contributed by atoms with Gasteiger partial charge in [-0.05, 0) is 49.2 Å². The third-order valence-corrected chi connectivity index (χ3v) is 9.81. The molecular formula is C40H50N6O10S. The Balaban J connectivity index is 0.000000281. The van der Waals surface area contributed by atoms with E-state index in [-0.39, 0.29) is 35.1 Å². The Labute approximate surface area is 335 Å². The highest BCUT2D eigenvalue weighted by Crippen LogP contribution is 2.41. The van der Waals surface area contributed by atoms with Crippen LogP contribution in [-0.2, 0) is 51.3 Å². The van der Waals surface area contributed by atoms with Gasteiger partial charge in [0.15, 0.2) is 5.76 Å². The summed E-state index contributed by atoms with van der Waals surface area (Å²) < 4.78 is 19.9. The summed E-state index contributed by atoms with van der Waals surface area (Å²) in [5, 5.41) is 12.5. The van der Waals surface area contributed by atoms with Crippen molar-refractivity contribution in [3.63, 3.8) is 0 Å². The lowest BCUT2D eigenvalue weighted by Crippen LogP contribution is -2.71. The number of esters is 2. The van der Waals surface area contributed by atoms with Crippen LogP contribution in [0.4, 0.5) is 4.79 Å². The van der Waals surface area contributed by atoms with Gasteiger partial charge in [-0.15, -0.1) is 11.8 Å². The van der Waals surface area contributed by atoms with Crippen molar-refractivity contribution in [1.29, 1.82) is 0 Å². The maximum Gasteiger partial charge on any atom is 0.404 e. The molecule has 2 aliphatic rings. The normalized spacial score (nSPS) is 16.6. The molecule has 3 amide bonds. The molecule has 1 fully saturated rings. The molecule has 1 saturated heterocycles.